The van der Waals surface area contributed by atoms with Crippen LogP contribution in [0.3, 0.4) is 0 Å². The highest BCUT2D eigenvalue weighted by Gasteiger charge is 2.40. The molecule has 1 aliphatic carbocycles. The molecular weight excluding hydrogens is 268 g/mol. The van der Waals surface area contributed by atoms with E-state index in [4.69, 9.17) is 0 Å². The Morgan fingerprint density at radius 3 is 2.81 bits per heavy atom. The van der Waals surface area contributed by atoms with E-state index in [2.05, 4.69) is 28.1 Å². The molecular formula is C13H15BrO2. The largest absolute Gasteiger partial charge is 0.481 e. The van der Waals surface area contributed by atoms with Crippen LogP contribution in [-0.4, -0.2) is 11.1 Å². The molecule has 0 radical (unpaired) electrons. The smallest absolute Gasteiger partial charge is 0.307 e. The maximum atomic E-state index is 11.3. The zero-order chi connectivity index (χ0) is 11.9. The van der Waals surface area contributed by atoms with Gasteiger partial charge in [0.25, 0.3) is 0 Å². The van der Waals surface area contributed by atoms with Gasteiger partial charge in [-0.1, -0.05) is 35.8 Å². The molecule has 0 aliphatic heterocycles. The second kappa shape index (κ2) is 3.88. The summed E-state index contributed by atoms with van der Waals surface area (Å²) in [5.74, 6) is -0.968. The molecule has 0 aromatic heterocycles. The van der Waals surface area contributed by atoms with E-state index in [9.17, 15) is 9.90 Å². The van der Waals surface area contributed by atoms with Crippen LogP contribution in [0.25, 0.3) is 0 Å². The molecule has 1 N–H and O–H groups in total. The highest BCUT2D eigenvalue weighted by molar-refractivity contribution is 9.10. The third kappa shape index (κ3) is 1.77. The van der Waals surface area contributed by atoms with E-state index >= 15 is 0 Å². The predicted octanol–water partition coefficient (Wildman–Crippen LogP) is 3.37. The highest BCUT2D eigenvalue weighted by Crippen LogP contribution is 2.42. The Kier molecular flexibility index (Phi) is 2.82. The molecule has 1 unspecified atom stereocenters. The van der Waals surface area contributed by atoms with Gasteiger partial charge in [0, 0.05) is 9.89 Å². The van der Waals surface area contributed by atoms with Crippen molar-refractivity contribution in [2.24, 2.45) is 5.92 Å². The van der Waals surface area contributed by atoms with Crippen molar-refractivity contribution in [3.63, 3.8) is 0 Å². The molecule has 3 heteroatoms. The van der Waals surface area contributed by atoms with Gasteiger partial charge < -0.3 is 5.11 Å². The Morgan fingerprint density at radius 2 is 2.19 bits per heavy atom. The molecule has 0 fully saturated rings. The average Bonchev–Trinajstić information content (AvgIpc) is 2.18. The second-order valence-corrected chi connectivity index (χ2v) is 5.87. The zero-order valence-corrected chi connectivity index (χ0v) is 11.0. The Balaban J connectivity index is 2.53. The van der Waals surface area contributed by atoms with E-state index in [1.54, 1.807) is 0 Å². The maximum absolute atomic E-state index is 11.3. The summed E-state index contributed by atoms with van der Waals surface area (Å²) in [4.78, 5) is 11.3. The molecule has 1 aromatic rings. The summed E-state index contributed by atoms with van der Waals surface area (Å²) in [6, 6.07) is 6.18. The lowest BCUT2D eigenvalue weighted by Crippen LogP contribution is -2.39. The van der Waals surface area contributed by atoms with Crippen molar-refractivity contribution in [3.8, 4) is 0 Å². The minimum atomic E-state index is -0.685. The van der Waals surface area contributed by atoms with Crippen LogP contribution in [0.2, 0.25) is 0 Å². The van der Waals surface area contributed by atoms with Crippen LogP contribution in [-0.2, 0) is 16.6 Å². The third-order valence-corrected chi connectivity index (χ3v) is 4.13. The van der Waals surface area contributed by atoms with Crippen molar-refractivity contribution in [1.82, 2.24) is 0 Å². The van der Waals surface area contributed by atoms with Gasteiger partial charge in [-0.3, -0.25) is 4.79 Å². The van der Waals surface area contributed by atoms with E-state index < -0.39 is 5.97 Å². The topological polar surface area (TPSA) is 37.3 Å². The van der Waals surface area contributed by atoms with E-state index in [0.29, 0.717) is 0 Å². The second-order valence-electron chi connectivity index (χ2n) is 4.95. The van der Waals surface area contributed by atoms with Crippen LogP contribution in [0.4, 0.5) is 0 Å². The Hall–Kier alpha value is -0.830. The molecule has 1 aromatic carbocycles. The molecule has 2 rings (SSSR count). The van der Waals surface area contributed by atoms with Crippen molar-refractivity contribution in [2.75, 3.05) is 0 Å². The van der Waals surface area contributed by atoms with E-state index in [1.807, 2.05) is 19.9 Å². The fourth-order valence-electron chi connectivity index (χ4n) is 2.65. The lowest BCUT2D eigenvalue weighted by molar-refractivity contribution is -0.144. The van der Waals surface area contributed by atoms with Crippen molar-refractivity contribution in [3.05, 3.63) is 33.8 Å². The fraction of sp³-hybridized carbons (Fsp3) is 0.462. The monoisotopic (exact) mass is 282 g/mol. The van der Waals surface area contributed by atoms with Gasteiger partial charge in [0.05, 0.1) is 5.92 Å². The van der Waals surface area contributed by atoms with Crippen molar-refractivity contribution in [1.29, 1.82) is 0 Å². The quantitative estimate of drug-likeness (QED) is 0.858. The number of aryl methyl sites for hydroxylation is 1. The molecule has 0 spiro atoms. The first kappa shape index (κ1) is 11.6. The van der Waals surface area contributed by atoms with Crippen LogP contribution in [0.15, 0.2) is 22.7 Å². The Bertz CT molecular complexity index is 438. The molecule has 1 atom stereocenters. The van der Waals surface area contributed by atoms with Crippen LogP contribution in [0.1, 0.15) is 31.4 Å². The van der Waals surface area contributed by atoms with E-state index in [0.717, 1.165) is 17.3 Å². The first-order valence-corrected chi connectivity index (χ1v) is 6.24. The Morgan fingerprint density at radius 1 is 1.50 bits per heavy atom. The number of halogens is 1. The number of aliphatic carboxylic acids is 1. The molecule has 86 valence electrons. The molecule has 2 nitrogen and oxygen atoms in total. The lowest BCUT2D eigenvalue weighted by atomic mass is 9.65. The number of carboxylic acids is 1. The van der Waals surface area contributed by atoms with Crippen molar-refractivity contribution < 1.29 is 9.90 Å². The number of carbonyl (C=O) groups is 1. The summed E-state index contributed by atoms with van der Waals surface area (Å²) in [5.41, 5.74) is 2.16. The normalized spacial score (nSPS) is 22.6. The first-order chi connectivity index (χ1) is 7.43. The fourth-order valence-corrected chi connectivity index (χ4v) is 3.01. The summed E-state index contributed by atoms with van der Waals surface area (Å²) in [6.45, 7) is 4.05. The molecule has 0 saturated heterocycles. The number of fused-ring (bicyclic) bond motifs is 1. The van der Waals surface area contributed by atoms with Crippen molar-refractivity contribution in [2.45, 2.75) is 32.1 Å². The van der Waals surface area contributed by atoms with Crippen LogP contribution >= 0.6 is 15.9 Å². The summed E-state index contributed by atoms with van der Waals surface area (Å²) in [5, 5.41) is 9.26. The van der Waals surface area contributed by atoms with Crippen LogP contribution in [0, 0.1) is 5.92 Å². The maximum Gasteiger partial charge on any atom is 0.307 e. The van der Waals surface area contributed by atoms with Crippen LogP contribution < -0.4 is 0 Å². The molecule has 16 heavy (non-hydrogen) atoms. The average molecular weight is 283 g/mol. The van der Waals surface area contributed by atoms with E-state index in [1.165, 1.54) is 11.1 Å². The number of carboxylic acid groups (broad SMARTS) is 1. The summed E-state index contributed by atoms with van der Waals surface area (Å²) >= 11 is 3.45. The molecule has 0 heterocycles. The van der Waals surface area contributed by atoms with Gasteiger partial charge in [-0.2, -0.15) is 0 Å². The minimum absolute atomic E-state index is 0.283. The van der Waals surface area contributed by atoms with Crippen molar-refractivity contribution >= 4 is 21.9 Å². The van der Waals surface area contributed by atoms with Gasteiger partial charge in [0.1, 0.15) is 0 Å². The number of rotatable bonds is 1. The van der Waals surface area contributed by atoms with Gasteiger partial charge in [0.15, 0.2) is 0 Å². The van der Waals surface area contributed by atoms with Gasteiger partial charge in [-0.25, -0.2) is 0 Å². The third-order valence-electron chi connectivity index (χ3n) is 3.64. The number of hydrogen-bond donors (Lipinski definition) is 1. The lowest BCUT2D eigenvalue weighted by Gasteiger charge is -2.38. The molecule has 0 saturated carbocycles. The molecule has 1 aliphatic rings. The van der Waals surface area contributed by atoms with Gasteiger partial charge in [0.2, 0.25) is 0 Å². The van der Waals surface area contributed by atoms with Gasteiger partial charge >= 0.3 is 5.97 Å². The van der Waals surface area contributed by atoms with E-state index in [-0.39, 0.29) is 11.3 Å². The molecule has 0 amide bonds. The SMILES string of the molecule is CC1(C)c2cc(Br)ccc2CCC1C(=O)O. The zero-order valence-electron chi connectivity index (χ0n) is 9.46. The molecule has 0 bridgehead atoms. The highest BCUT2D eigenvalue weighted by atomic mass is 79.9. The Labute approximate surface area is 104 Å². The van der Waals surface area contributed by atoms with Gasteiger partial charge in [-0.05, 0) is 36.1 Å². The van der Waals surface area contributed by atoms with Gasteiger partial charge in [-0.15, -0.1) is 0 Å². The number of benzene rings is 1. The predicted molar refractivity (Wildman–Crippen MR) is 66.6 cm³/mol. The summed E-state index contributed by atoms with van der Waals surface area (Å²) in [6.07, 6.45) is 1.60. The standard InChI is InChI=1S/C13H15BrO2/c1-13(2)10(12(15)16)6-4-8-3-5-9(14)7-11(8)13/h3,5,7,10H,4,6H2,1-2H3,(H,15,16). The summed E-state index contributed by atoms with van der Waals surface area (Å²) < 4.78 is 1.02. The first-order valence-electron chi connectivity index (χ1n) is 5.44. The minimum Gasteiger partial charge on any atom is -0.481 e. The van der Waals surface area contributed by atoms with Crippen LogP contribution in [0.5, 0.6) is 0 Å². The number of hydrogen-bond acceptors (Lipinski definition) is 1. The summed E-state index contributed by atoms with van der Waals surface area (Å²) in [7, 11) is 0.